The lowest BCUT2D eigenvalue weighted by Gasteiger charge is -2.10. The number of nitrogens with zero attached hydrogens (tertiary/aromatic N) is 1. The van der Waals surface area contributed by atoms with Crippen LogP contribution < -0.4 is 10.1 Å². The van der Waals surface area contributed by atoms with E-state index in [1.165, 1.54) is 0 Å². The molecular weight excluding hydrogens is 316 g/mol. The van der Waals surface area contributed by atoms with Crippen LogP contribution in [0, 0.1) is 12.8 Å². The molecule has 3 rings (SSSR count). The first-order valence-corrected chi connectivity index (χ1v) is 8.31. The predicted octanol–water partition coefficient (Wildman–Crippen LogP) is 4.80. The van der Waals surface area contributed by atoms with Crippen molar-refractivity contribution in [2.75, 3.05) is 12.4 Å². The zero-order valence-corrected chi connectivity index (χ0v) is 14.9. The van der Waals surface area contributed by atoms with E-state index in [9.17, 15) is 4.79 Å². The molecule has 5 heteroatoms. The molecule has 0 spiro atoms. The van der Waals surface area contributed by atoms with Crippen LogP contribution in [0.15, 0.2) is 40.8 Å². The van der Waals surface area contributed by atoms with Gasteiger partial charge in [-0.25, -0.2) is 4.98 Å². The van der Waals surface area contributed by atoms with Gasteiger partial charge in [-0.1, -0.05) is 19.9 Å². The Morgan fingerprint density at radius 1 is 1.24 bits per heavy atom. The van der Waals surface area contributed by atoms with E-state index in [4.69, 9.17) is 9.15 Å². The molecule has 0 saturated heterocycles. The fraction of sp³-hybridized carbons (Fsp3) is 0.300. The quantitative estimate of drug-likeness (QED) is 0.726. The van der Waals surface area contributed by atoms with Crippen molar-refractivity contribution in [3.8, 4) is 17.2 Å². The molecule has 0 aliphatic heterocycles. The third kappa shape index (κ3) is 3.82. The number of hydrogen-bond acceptors (Lipinski definition) is 4. The average molecular weight is 338 g/mol. The number of carbonyl (C=O) groups is 1. The van der Waals surface area contributed by atoms with E-state index in [0.29, 0.717) is 23.8 Å². The minimum Gasteiger partial charge on any atom is -0.497 e. The van der Waals surface area contributed by atoms with Gasteiger partial charge in [0.05, 0.1) is 7.11 Å². The van der Waals surface area contributed by atoms with Crippen LogP contribution in [0.5, 0.6) is 5.75 Å². The van der Waals surface area contributed by atoms with Gasteiger partial charge in [-0.05, 0) is 42.7 Å². The SMILES string of the molecule is COc1ccc2oc(-c3ccc(C)c(NC(=O)CC(C)C)c3)nc2c1. The summed E-state index contributed by atoms with van der Waals surface area (Å²) in [4.78, 5) is 16.6. The number of aryl methyl sites for hydroxylation is 1. The van der Waals surface area contributed by atoms with E-state index in [-0.39, 0.29) is 5.91 Å². The third-order valence-electron chi connectivity index (χ3n) is 3.95. The molecule has 0 unspecified atom stereocenters. The van der Waals surface area contributed by atoms with Gasteiger partial charge in [0.25, 0.3) is 0 Å². The first-order valence-electron chi connectivity index (χ1n) is 8.31. The maximum atomic E-state index is 12.1. The summed E-state index contributed by atoms with van der Waals surface area (Å²) in [5.41, 5.74) is 4.03. The molecule has 25 heavy (non-hydrogen) atoms. The summed E-state index contributed by atoms with van der Waals surface area (Å²) in [5.74, 6) is 1.58. The van der Waals surface area contributed by atoms with E-state index < -0.39 is 0 Å². The number of methoxy groups -OCH3 is 1. The van der Waals surface area contributed by atoms with Crippen LogP contribution in [0.25, 0.3) is 22.6 Å². The minimum absolute atomic E-state index is 0.0116. The highest BCUT2D eigenvalue weighted by molar-refractivity contribution is 5.92. The van der Waals surface area contributed by atoms with Gasteiger partial charge in [-0.15, -0.1) is 0 Å². The molecule has 0 bridgehead atoms. The number of rotatable bonds is 5. The monoisotopic (exact) mass is 338 g/mol. The number of anilines is 1. The number of oxazole rings is 1. The van der Waals surface area contributed by atoms with E-state index in [1.807, 2.05) is 57.2 Å². The third-order valence-corrected chi connectivity index (χ3v) is 3.95. The van der Waals surface area contributed by atoms with E-state index in [1.54, 1.807) is 7.11 Å². The van der Waals surface area contributed by atoms with Crippen molar-refractivity contribution in [1.29, 1.82) is 0 Å². The Morgan fingerprint density at radius 2 is 2.04 bits per heavy atom. The number of ether oxygens (including phenoxy) is 1. The van der Waals surface area contributed by atoms with E-state index >= 15 is 0 Å². The van der Waals surface area contributed by atoms with Crippen molar-refractivity contribution in [2.45, 2.75) is 27.2 Å². The van der Waals surface area contributed by atoms with Crippen LogP contribution in [-0.2, 0) is 4.79 Å². The second-order valence-electron chi connectivity index (χ2n) is 6.53. The normalized spacial score (nSPS) is 11.1. The molecule has 1 aromatic heterocycles. The second-order valence-corrected chi connectivity index (χ2v) is 6.53. The lowest BCUT2D eigenvalue weighted by Crippen LogP contribution is -2.14. The zero-order valence-electron chi connectivity index (χ0n) is 14.9. The Morgan fingerprint density at radius 3 is 2.76 bits per heavy atom. The summed E-state index contributed by atoms with van der Waals surface area (Å²) in [5, 5.41) is 2.98. The van der Waals surface area contributed by atoms with Crippen molar-refractivity contribution in [3.05, 3.63) is 42.0 Å². The highest BCUT2D eigenvalue weighted by Crippen LogP contribution is 2.29. The molecule has 0 saturated carbocycles. The lowest BCUT2D eigenvalue weighted by molar-refractivity contribution is -0.116. The van der Waals surface area contributed by atoms with Gasteiger partial charge in [-0.3, -0.25) is 4.79 Å². The van der Waals surface area contributed by atoms with Crippen LogP contribution in [0.4, 0.5) is 5.69 Å². The summed E-state index contributed by atoms with van der Waals surface area (Å²) in [6, 6.07) is 11.3. The Balaban J connectivity index is 1.92. The van der Waals surface area contributed by atoms with Gasteiger partial charge >= 0.3 is 0 Å². The number of carbonyl (C=O) groups excluding carboxylic acids is 1. The van der Waals surface area contributed by atoms with Crippen molar-refractivity contribution in [2.24, 2.45) is 5.92 Å². The van der Waals surface area contributed by atoms with Crippen LogP contribution in [0.1, 0.15) is 25.8 Å². The van der Waals surface area contributed by atoms with Gasteiger partial charge < -0.3 is 14.5 Å². The molecule has 1 N–H and O–H groups in total. The standard InChI is InChI=1S/C20H22N2O3/c1-12(2)9-19(23)21-16-10-14(6-5-13(16)3)20-22-17-11-15(24-4)7-8-18(17)25-20/h5-8,10-12H,9H2,1-4H3,(H,21,23). The van der Waals surface area contributed by atoms with Gasteiger partial charge in [0.2, 0.25) is 11.8 Å². The zero-order chi connectivity index (χ0) is 18.0. The van der Waals surface area contributed by atoms with E-state index in [0.717, 1.165) is 28.1 Å². The van der Waals surface area contributed by atoms with Crippen molar-refractivity contribution >= 4 is 22.7 Å². The number of aromatic nitrogens is 1. The maximum absolute atomic E-state index is 12.1. The van der Waals surface area contributed by atoms with Crippen LogP contribution in [-0.4, -0.2) is 18.0 Å². The van der Waals surface area contributed by atoms with E-state index in [2.05, 4.69) is 10.3 Å². The molecule has 3 aromatic rings. The Bertz CT molecular complexity index is 912. The minimum atomic E-state index is 0.0116. The summed E-state index contributed by atoms with van der Waals surface area (Å²) in [7, 11) is 1.62. The van der Waals surface area contributed by atoms with Gasteiger partial charge in [0.1, 0.15) is 11.3 Å². The summed E-state index contributed by atoms with van der Waals surface area (Å²) in [6.45, 7) is 6.01. The summed E-state index contributed by atoms with van der Waals surface area (Å²) < 4.78 is 11.1. The smallest absolute Gasteiger partial charge is 0.227 e. The molecule has 2 aromatic carbocycles. The van der Waals surface area contributed by atoms with Crippen LogP contribution >= 0.6 is 0 Å². The fourth-order valence-electron chi connectivity index (χ4n) is 2.62. The number of nitrogens with one attached hydrogen (secondary N) is 1. The molecule has 1 amide bonds. The second kappa shape index (κ2) is 6.97. The molecule has 0 aliphatic rings. The first kappa shape index (κ1) is 17.0. The molecule has 0 fully saturated rings. The highest BCUT2D eigenvalue weighted by Gasteiger charge is 2.12. The van der Waals surface area contributed by atoms with Crippen molar-refractivity contribution in [3.63, 3.8) is 0 Å². The van der Waals surface area contributed by atoms with Gasteiger partial charge in [0, 0.05) is 23.7 Å². The van der Waals surface area contributed by atoms with Crippen molar-refractivity contribution < 1.29 is 13.9 Å². The molecule has 0 atom stereocenters. The topological polar surface area (TPSA) is 64.4 Å². The highest BCUT2D eigenvalue weighted by atomic mass is 16.5. The Kier molecular flexibility index (Phi) is 4.74. The molecule has 130 valence electrons. The fourth-order valence-corrected chi connectivity index (χ4v) is 2.62. The predicted molar refractivity (Wildman–Crippen MR) is 98.8 cm³/mol. The molecule has 1 heterocycles. The molecule has 5 nitrogen and oxygen atoms in total. The number of benzene rings is 2. The summed E-state index contributed by atoms with van der Waals surface area (Å²) >= 11 is 0. The van der Waals surface area contributed by atoms with Crippen molar-refractivity contribution in [1.82, 2.24) is 4.98 Å². The first-order chi connectivity index (χ1) is 12.0. The summed E-state index contributed by atoms with van der Waals surface area (Å²) in [6.07, 6.45) is 0.492. The number of fused-ring (bicyclic) bond motifs is 1. The number of hydrogen-bond donors (Lipinski definition) is 1. The largest absolute Gasteiger partial charge is 0.497 e. The van der Waals surface area contributed by atoms with Crippen LogP contribution in [0.3, 0.4) is 0 Å². The molecule has 0 aliphatic carbocycles. The Hall–Kier alpha value is -2.82. The molecular formula is C20H22N2O3. The number of amides is 1. The molecule has 0 radical (unpaired) electrons. The Labute approximate surface area is 147 Å². The average Bonchev–Trinajstić information content (AvgIpc) is 2.99. The maximum Gasteiger partial charge on any atom is 0.227 e. The lowest BCUT2D eigenvalue weighted by atomic mass is 10.1. The van der Waals surface area contributed by atoms with Gasteiger partial charge in [-0.2, -0.15) is 0 Å². The van der Waals surface area contributed by atoms with Gasteiger partial charge in [0.15, 0.2) is 5.58 Å². The van der Waals surface area contributed by atoms with Crippen LogP contribution in [0.2, 0.25) is 0 Å².